The lowest BCUT2D eigenvalue weighted by Crippen LogP contribution is -2.25. The van der Waals surface area contributed by atoms with E-state index in [1.165, 1.54) is 12.1 Å². The number of hydrogen-bond acceptors (Lipinski definition) is 2. The second kappa shape index (κ2) is 5.23. The van der Waals surface area contributed by atoms with Gasteiger partial charge in [-0.25, -0.2) is 4.39 Å². The van der Waals surface area contributed by atoms with Crippen molar-refractivity contribution in [2.45, 2.75) is 12.8 Å². The number of rotatable bonds is 2. The molecule has 1 atom stereocenters. The van der Waals surface area contributed by atoms with Gasteiger partial charge in [-0.15, -0.1) is 0 Å². The highest BCUT2D eigenvalue weighted by molar-refractivity contribution is 14.1. The molecule has 1 aromatic rings. The van der Waals surface area contributed by atoms with Crippen LogP contribution in [0.2, 0.25) is 0 Å². The summed E-state index contributed by atoms with van der Waals surface area (Å²) in [6, 6.07) is 4.28. The van der Waals surface area contributed by atoms with Crippen molar-refractivity contribution in [3.05, 3.63) is 33.1 Å². The fourth-order valence-electron chi connectivity index (χ4n) is 1.86. The Balaban J connectivity index is 2.19. The molecule has 0 amide bonds. The van der Waals surface area contributed by atoms with Crippen molar-refractivity contribution < 1.29 is 13.9 Å². The van der Waals surface area contributed by atoms with Gasteiger partial charge in [0.1, 0.15) is 5.82 Å². The van der Waals surface area contributed by atoms with E-state index in [-0.39, 0.29) is 17.5 Å². The molecule has 1 aliphatic rings. The molecule has 16 heavy (non-hydrogen) atoms. The molecular weight excluding hydrogens is 322 g/mol. The summed E-state index contributed by atoms with van der Waals surface area (Å²) in [6.07, 6.45) is 1.79. The standard InChI is InChI=1S/C12H12FIO2/c13-9-3-4-10(11(14)6-9)12(15)8-2-1-5-16-7-8/h3-4,6,8H,1-2,5,7H2. The predicted molar refractivity (Wildman–Crippen MR) is 67.0 cm³/mol. The Morgan fingerprint density at radius 1 is 1.50 bits per heavy atom. The quantitative estimate of drug-likeness (QED) is 0.614. The molecule has 0 aliphatic carbocycles. The maximum absolute atomic E-state index is 12.9. The molecule has 0 saturated carbocycles. The monoisotopic (exact) mass is 334 g/mol. The number of hydrogen-bond donors (Lipinski definition) is 0. The number of carbonyl (C=O) groups excluding carboxylic acids is 1. The molecular formula is C12H12FIO2. The molecule has 2 nitrogen and oxygen atoms in total. The van der Waals surface area contributed by atoms with Crippen molar-refractivity contribution in [1.29, 1.82) is 0 Å². The maximum atomic E-state index is 12.9. The molecule has 0 N–H and O–H groups in total. The fourth-order valence-corrected chi connectivity index (χ4v) is 2.60. The summed E-state index contributed by atoms with van der Waals surface area (Å²) < 4.78 is 18.9. The smallest absolute Gasteiger partial charge is 0.169 e. The second-order valence-corrected chi connectivity index (χ2v) is 5.06. The van der Waals surface area contributed by atoms with Gasteiger partial charge in [0, 0.05) is 21.7 Å². The SMILES string of the molecule is O=C(c1ccc(F)cc1I)C1CCCOC1. The highest BCUT2D eigenvalue weighted by Gasteiger charge is 2.24. The Morgan fingerprint density at radius 2 is 2.31 bits per heavy atom. The molecule has 1 aliphatic heterocycles. The van der Waals surface area contributed by atoms with E-state index in [4.69, 9.17) is 4.74 Å². The summed E-state index contributed by atoms with van der Waals surface area (Å²) in [7, 11) is 0. The third-order valence-corrected chi connectivity index (χ3v) is 3.62. The lowest BCUT2D eigenvalue weighted by Gasteiger charge is -2.21. The normalized spacial score (nSPS) is 20.8. The van der Waals surface area contributed by atoms with Gasteiger partial charge in [-0.05, 0) is 53.6 Å². The van der Waals surface area contributed by atoms with Crippen LogP contribution < -0.4 is 0 Å². The number of halogens is 2. The van der Waals surface area contributed by atoms with E-state index in [1.807, 2.05) is 22.6 Å². The van der Waals surface area contributed by atoms with E-state index in [9.17, 15) is 9.18 Å². The van der Waals surface area contributed by atoms with Gasteiger partial charge in [0.25, 0.3) is 0 Å². The number of ketones is 1. The molecule has 1 unspecified atom stereocenters. The van der Waals surface area contributed by atoms with Gasteiger partial charge >= 0.3 is 0 Å². The lowest BCUT2D eigenvalue weighted by molar-refractivity contribution is 0.0460. The molecule has 1 heterocycles. The Hall–Kier alpha value is -0.490. The zero-order valence-corrected chi connectivity index (χ0v) is 10.9. The molecule has 1 saturated heterocycles. The van der Waals surface area contributed by atoms with E-state index < -0.39 is 0 Å². The van der Waals surface area contributed by atoms with Gasteiger partial charge in [-0.2, -0.15) is 0 Å². The van der Waals surface area contributed by atoms with Gasteiger partial charge in [-0.3, -0.25) is 4.79 Å². The average Bonchev–Trinajstić information content (AvgIpc) is 2.29. The van der Waals surface area contributed by atoms with Crippen molar-refractivity contribution in [3.63, 3.8) is 0 Å². The first-order valence-electron chi connectivity index (χ1n) is 5.25. The Bertz CT molecular complexity index is 400. The Labute approximate surface area is 107 Å². The van der Waals surface area contributed by atoms with Crippen LogP contribution in [0.15, 0.2) is 18.2 Å². The van der Waals surface area contributed by atoms with Crippen molar-refractivity contribution in [1.82, 2.24) is 0 Å². The molecule has 0 radical (unpaired) electrons. The fraction of sp³-hybridized carbons (Fsp3) is 0.417. The summed E-state index contributed by atoms with van der Waals surface area (Å²) in [5, 5.41) is 0. The molecule has 4 heteroatoms. The molecule has 0 bridgehead atoms. The summed E-state index contributed by atoms with van der Waals surface area (Å²) in [5.74, 6) is -0.294. The summed E-state index contributed by atoms with van der Waals surface area (Å²) in [4.78, 5) is 12.1. The summed E-state index contributed by atoms with van der Waals surface area (Å²) in [5.41, 5.74) is 0.609. The van der Waals surface area contributed by atoms with E-state index in [2.05, 4.69) is 0 Å². The Morgan fingerprint density at radius 3 is 2.94 bits per heavy atom. The minimum absolute atomic E-state index is 0.0623. The zero-order chi connectivity index (χ0) is 11.5. The number of ether oxygens (including phenoxy) is 1. The van der Waals surface area contributed by atoms with E-state index >= 15 is 0 Å². The first-order valence-corrected chi connectivity index (χ1v) is 6.33. The predicted octanol–water partition coefficient (Wildman–Crippen LogP) is 3.04. The molecule has 2 rings (SSSR count). The highest BCUT2D eigenvalue weighted by atomic mass is 127. The first kappa shape index (κ1) is 12.0. The van der Waals surface area contributed by atoms with Gasteiger partial charge in [-0.1, -0.05) is 0 Å². The largest absolute Gasteiger partial charge is 0.381 e. The van der Waals surface area contributed by atoms with Crippen LogP contribution in [0.25, 0.3) is 0 Å². The molecule has 86 valence electrons. The van der Waals surface area contributed by atoms with Crippen molar-refractivity contribution in [2.24, 2.45) is 5.92 Å². The highest BCUT2D eigenvalue weighted by Crippen LogP contribution is 2.22. The topological polar surface area (TPSA) is 26.3 Å². The van der Waals surface area contributed by atoms with Gasteiger partial charge in [0.2, 0.25) is 0 Å². The van der Waals surface area contributed by atoms with Crippen LogP contribution in [0.1, 0.15) is 23.2 Å². The van der Waals surface area contributed by atoms with Crippen molar-refractivity contribution >= 4 is 28.4 Å². The minimum Gasteiger partial charge on any atom is -0.381 e. The Kier molecular flexibility index (Phi) is 3.91. The summed E-state index contributed by atoms with van der Waals surface area (Å²) in [6.45, 7) is 1.23. The molecule has 0 spiro atoms. The van der Waals surface area contributed by atoms with Crippen LogP contribution in [0.4, 0.5) is 4.39 Å². The zero-order valence-electron chi connectivity index (χ0n) is 8.71. The van der Waals surface area contributed by atoms with Crippen LogP contribution >= 0.6 is 22.6 Å². The van der Waals surface area contributed by atoms with Crippen molar-refractivity contribution in [3.8, 4) is 0 Å². The van der Waals surface area contributed by atoms with Crippen LogP contribution in [-0.4, -0.2) is 19.0 Å². The van der Waals surface area contributed by atoms with Crippen molar-refractivity contribution in [2.75, 3.05) is 13.2 Å². The third-order valence-electron chi connectivity index (χ3n) is 2.73. The van der Waals surface area contributed by atoms with Crippen LogP contribution in [-0.2, 0) is 4.74 Å². The van der Waals surface area contributed by atoms with Crippen LogP contribution in [0.3, 0.4) is 0 Å². The maximum Gasteiger partial charge on any atom is 0.169 e. The van der Waals surface area contributed by atoms with Crippen LogP contribution in [0, 0.1) is 15.3 Å². The number of carbonyl (C=O) groups is 1. The lowest BCUT2D eigenvalue weighted by atomic mass is 9.93. The van der Waals surface area contributed by atoms with Crippen LogP contribution in [0.5, 0.6) is 0 Å². The van der Waals surface area contributed by atoms with Gasteiger partial charge in [0.15, 0.2) is 5.78 Å². The first-order chi connectivity index (χ1) is 7.68. The third kappa shape index (κ3) is 2.60. The number of benzene rings is 1. The molecule has 1 aromatic carbocycles. The number of Topliss-reactive ketones (excluding diaryl/α,β-unsaturated/α-hetero) is 1. The van der Waals surface area contributed by atoms with E-state index in [0.29, 0.717) is 15.7 Å². The molecule has 0 aromatic heterocycles. The molecule has 1 fully saturated rings. The van der Waals surface area contributed by atoms with Gasteiger partial charge in [0.05, 0.1) is 6.61 Å². The van der Waals surface area contributed by atoms with E-state index in [1.54, 1.807) is 6.07 Å². The minimum atomic E-state index is -0.305. The average molecular weight is 334 g/mol. The second-order valence-electron chi connectivity index (χ2n) is 3.90. The summed E-state index contributed by atoms with van der Waals surface area (Å²) >= 11 is 2.00. The van der Waals surface area contributed by atoms with Gasteiger partial charge < -0.3 is 4.74 Å². The van der Waals surface area contributed by atoms with E-state index in [0.717, 1.165) is 19.4 Å².